The van der Waals surface area contributed by atoms with Crippen molar-refractivity contribution in [2.24, 2.45) is 5.41 Å². The second-order valence-electron chi connectivity index (χ2n) is 5.78. The van der Waals surface area contributed by atoms with E-state index in [-0.39, 0.29) is 11.3 Å². The van der Waals surface area contributed by atoms with E-state index in [4.69, 9.17) is 0 Å². The number of amides is 1. The number of hydrogen-bond acceptors (Lipinski definition) is 2. The lowest BCUT2D eigenvalue weighted by Gasteiger charge is -2.17. The van der Waals surface area contributed by atoms with Crippen molar-refractivity contribution in [3.63, 3.8) is 0 Å². The number of anilines is 1. The molecule has 100 valence electrons. The van der Waals surface area contributed by atoms with Crippen molar-refractivity contribution in [3.05, 3.63) is 40.2 Å². The van der Waals surface area contributed by atoms with E-state index < -0.39 is 5.41 Å². The highest BCUT2D eigenvalue weighted by molar-refractivity contribution is 5.96. The van der Waals surface area contributed by atoms with Crippen molar-refractivity contribution in [2.45, 2.75) is 27.7 Å². The maximum atomic E-state index is 11.9. The van der Waals surface area contributed by atoms with Crippen LogP contribution in [0, 0.1) is 12.3 Å². The van der Waals surface area contributed by atoms with Crippen LogP contribution in [0.1, 0.15) is 26.5 Å². The zero-order valence-corrected chi connectivity index (χ0v) is 11.6. The van der Waals surface area contributed by atoms with Gasteiger partial charge in [-0.25, -0.2) is 0 Å². The van der Waals surface area contributed by atoms with Crippen LogP contribution >= 0.6 is 0 Å². The minimum atomic E-state index is -0.464. The third-order valence-electron chi connectivity index (χ3n) is 2.90. The van der Waals surface area contributed by atoms with Crippen molar-refractivity contribution in [1.29, 1.82) is 0 Å². The molecule has 0 aliphatic rings. The molecule has 2 rings (SSSR count). The number of aromatic amines is 1. The summed E-state index contributed by atoms with van der Waals surface area (Å²) in [7, 11) is 0. The fourth-order valence-corrected chi connectivity index (χ4v) is 1.78. The molecule has 4 heteroatoms. The Labute approximate surface area is 111 Å². The Hall–Kier alpha value is -2.10. The van der Waals surface area contributed by atoms with E-state index in [0.29, 0.717) is 11.1 Å². The average molecular weight is 258 g/mol. The van der Waals surface area contributed by atoms with Crippen molar-refractivity contribution in [2.75, 3.05) is 5.32 Å². The fraction of sp³-hybridized carbons (Fsp3) is 0.333. The summed E-state index contributed by atoms with van der Waals surface area (Å²) in [4.78, 5) is 26.9. The molecule has 0 saturated heterocycles. The lowest BCUT2D eigenvalue weighted by molar-refractivity contribution is -0.123. The summed E-state index contributed by atoms with van der Waals surface area (Å²) in [5, 5.41) is 3.40. The van der Waals surface area contributed by atoms with Crippen molar-refractivity contribution in [1.82, 2.24) is 4.98 Å². The molecule has 2 aromatic rings. The predicted octanol–water partition coefficient (Wildman–Crippen LogP) is 2.82. The van der Waals surface area contributed by atoms with Crippen LogP contribution in [0.4, 0.5) is 5.69 Å². The lowest BCUT2D eigenvalue weighted by Crippen LogP contribution is -2.27. The van der Waals surface area contributed by atoms with Gasteiger partial charge in [-0.1, -0.05) is 20.8 Å². The number of nitrogens with one attached hydrogen (secondary N) is 2. The van der Waals surface area contributed by atoms with Crippen LogP contribution in [0.3, 0.4) is 0 Å². The van der Waals surface area contributed by atoms with Crippen molar-refractivity contribution >= 4 is 22.5 Å². The number of carbonyl (C=O) groups excluding carboxylic acids is 1. The molecule has 0 aliphatic carbocycles. The second kappa shape index (κ2) is 4.53. The third-order valence-corrected chi connectivity index (χ3v) is 2.90. The minimum absolute atomic E-state index is 0.0434. The van der Waals surface area contributed by atoms with Gasteiger partial charge in [0.15, 0.2) is 5.43 Å². The van der Waals surface area contributed by atoms with Gasteiger partial charge in [-0.05, 0) is 25.1 Å². The molecule has 0 radical (unpaired) electrons. The van der Waals surface area contributed by atoms with Crippen LogP contribution in [-0.2, 0) is 4.79 Å². The van der Waals surface area contributed by atoms with Gasteiger partial charge in [-0.15, -0.1) is 0 Å². The van der Waals surface area contributed by atoms with Gasteiger partial charge < -0.3 is 10.3 Å². The zero-order chi connectivity index (χ0) is 14.2. The molecule has 0 aliphatic heterocycles. The van der Waals surface area contributed by atoms with E-state index in [9.17, 15) is 9.59 Å². The molecule has 0 unspecified atom stereocenters. The number of rotatable bonds is 1. The first-order valence-corrected chi connectivity index (χ1v) is 6.22. The number of benzene rings is 1. The van der Waals surface area contributed by atoms with Crippen LogP contribution in [0.25, 0.3) is 10.9 Å². The zero-order valence-electron chi connectivity index (χ0n) is 11.6. The molecule has 0 saturated carbocycles. The molecule has 4 nitrogen and oxygen atoms in total. The van der Waals surface area contributed by atoms with Crippen molar-refractivity contribution < 1.29 is 4.79 Å². The van der Waals surface area contributed by atoms with Gasteiger partial charge >= 0.3 is 0 Å². The summed E-state index contributed by atoms with van der Waals surface area (Å²) < 4.78 is 0. The summed E-state index contributed by atoms with van der Waals surface area (Å²) in [5.41, 5.74) is 1.73. The highest BCUT2D eigenvalue weighted by Crippen LogP contribution is 2.19. The first-order valence-electron chi connectivity index (χ1n) is 6.22. The number of aromatic nitrogens is 1. The molecular formula is C15H18N2O2. The summed E-state index contributed by atoms with van der Waals surface area (Å²) in [5.74, 6) is -0.0737. The number of pyridine rings is 1. The fourth-order valence-electron chi connectivity index (χ4n) is 1.78. The van der Waals surface area contributed by atoms with Crippen LogP contribution in [0.15, 0.2) is 29.1 Å². The Morgan fingerprint density at radius 1 is 1.21 bits per heavy atom. The summed E-state index contributed by atoms with van der Waals surface area (Å²) in [6, 6.07) is 6.86. The van der Waals surface area contributed by atoms with E-state index in [0.717, 1.165) is 11.2 Å². The minimum Gasteiger partial charge on any atom is -0.358 e. The average Bonchev–Trinajstić information content (AvgIpc) is 2.28. The Bertz CT molecular complexity index is 693. The van der Waals surface area contributed by atoms with Crippen LogP contribution < -0.4 is 10.7 Å². The van der Waals surface area contributed by atoms with Gasteiger partial charge in [0.25, 0.3) is 0 Å². The van der Waals surface area contributed by atoms with Crippen molar-refractivity contribution in [3.8, 4) is 0 Å². The molecule has 2 N–H and O–H groups in total. The second-order valence-corrected chi connectivity index (χ2v) is 5.78. The predicted molar refractivity (Wildman–Crippen MR) is 77.4 cm³/mol. The highest BCUT2D eigenvalue weighted by Gasteiger charge is 2.21. The lowest BCUT2D eigenvalue weighted by atomic mass is 9.95. The molecule has 19 heavy (non-hydrogen) atoms. The Morgan fingerprint density at radius 2 is 1.89 bits per heavy atom. The van der Waals surface area contributed by atoms with Crippen LogP contribution in [0.5, 0.6) is 0 Å². The molecule has 0 fully saturated rings. The monoisotopic (exact) mass is 258 g/mol. The number of H-pyrrole nitrogens is 1. The van der Waals surface area contributed by atoms with Gasteiger partial charge in [0.05, 0.1) is 0 Å². The standard InChI is InChI=1S/C15H18N2O2/c1-9-7-13(18)11-8-10(5-6-12(11)16-9)17-14(19)15(2,3)4/h5-8H,1-4H3,(H,16,18)(H,17,19). The molecule has 0 spiro atoms. The van der Waals surface area contributed by atoms with Gasteiger partial charge in [0, 0.05) is 33.8 Å². The molecule has 0 atom stereocenters. The van der Waals surface area contributed by atoms with Crippen LogP contribution in [0.2, 0.25) is 0 Å². The largest absolute Gasteiger partial charge is 0.358 e. The maximum absolute atomic E-state index is 11.9. The molecule has 1 amide bonds. The van der Waals surface area contributed by atoms with E-state index in [1.165, 1.54) is 0 Å². The molecule has 1 aromatic heterocycles. The van der Waals surface area contributed by atoms with Gasteiger partial charge in [-0.2, -0.15) is 0 Å². The number of carbonyl (C=O) groups is 1. The van der Waals surface area contributed by atoms with Crippen LogP contribution in [-0.4, -0.2) is 10.9 Å². The Balaban J connectivity index is 2.43. The SMILES string of the molecule is Cc1cc(=O)c2cc(NC(=O)C(C)(C)C)ccc2[nH]1. The van der Waals surface area contributed by atoms with E-state index >= 15 is 0 Å². The van der Waals surface area contributed by atoms with Gasteiger partial charge in [0.1, 0.15) is 0 Å². The third kappa shape index (κ3) is 2.84. The quantitative estimate of drug-likeness (QED) is 0.826. The highest BCUT2D eigenvalue weighted by atomic mass is 16.2. The van der Waals surface area contributed by atoms with E-state index in [1.54, 1.807) is 18.2 Å². The number of aryl methyl sites for hydroxylation is 1. The number of hydrogen-bond donors (Lipinski definition) is 2. The van der Waals surface area contributed by atoms with E-state index in [2.05, 4.69) is 10.3 Å². The number of fused-ring (bicyclic) bond motifs is 1. The van der Waals surface area contributed by atoms with E-state index in [1.807, 2.05) is 33.8 Å². The summed E-state index contributed by atoms with van der Waals surface area (Å²) >= 11 is 0. The normalized spacial score (nSPS) is 11.6. The molecule has 1 heterocycles. The topological polar surface area (TPSA) is 62.0 Å². The summed E-state index contributed by atoms with van der Waals surface area (Å²) in [6.07, 6.45) is 0. The first kappa shape index (κ1) is 13.3. The van der Waals surface area contributed by atoms with Gasteiger partial charge in [-0.3, -0.25) is 9.59 Å². The molecule has 0 bridgehead atoms. The summed E-state index contributed by atoms with van der Waals surface area (Å²) in [6.45, 7) is 7.38. The Morgan fingerprint density at radius 3 is 2.53 bits per heavy atom. The Kier molecular flexibility index (Phi) is 3.18. The van der Waals surface area contributed by atoms with Gasteiger partial charge in [0.2, 0.25) is 5.91 Å². The molecular weight excluding hydrogens is 240 g/mol. The molecule has 1 aromatic carbocycles. The maximum Gasteiger partial charge on any atom is 0.229 e. The first-order chi connectivity index (χ1) is 8.77. The smallest absolute Gasteiger partial charge is 0.229 e.